The van der Waals surface area contributed by atoms with Crippen molar-refractivity contribution < 1.29 is 17.3 Å². The number of aromatic nitrogens is 2. The number of aryl methyl sites for hydroxylation is 1. The molecule has 3 heterocycles. The zero-order chi connectivity index (χ0) is 14.2. The van der Waals surface area contributed by atoms with Crippen LogP contribution in [0, 0.1) is 0 Å². The second-order valence-corrected chi connectivity index (χ2v) is 6.45. The normalized spacial score (nSPS) is 16.9. The van der Waals surface area contributed by atoms with E-state index in [-0.39, 0.29) is 16.7 Å². The summed E-state index contributed by atoms with van der Waals surface area (Å²) < 4.78 is 36.8. The van der Waals surface area contributed by atoms with E-state index in [0.717, 1.165) is 12.8 Å². The van der Waals surface area contributed by atoms with Crippen molar-refractivity contribution in [1.29, 1.82) is 0 Å². The molecule has 3 rings (SSSR count). The molecule has 0 spiro atoms. The van der Waals surface area contributed by atoms with Gasteiger partial charge in [0.1, 0.15) is 0 Å². The smallest absolute Gasteiger partial charge is 0.283 e. The van der Waals surface area contributed by atoms with E-state index in [2.05, 4.69) is 10.2 Å². The first kappa shape index (κ1) is 13.3. The quantitative estimate of drug-likeness (QED) is 0.853. The molecule has 7 nitrogen and oxygen atoms in total. The molecular formula is C12H15N3O4S. The Kier molecular flexibility index (Phi) is 3.35. The Balaban J connectivity index is 1.89. The summed E-state index contributed by atoms with van der Waals surface area (Å²) in [5, 5.41) is 7.58. The summed E-state index contributed by atoms with van der Waals surface area (Å²) in [6, 6.07) is 2.97. The lowest BCUT2D eigenvalue weighted by Crippen LogP contribution is -2.27. The van der Waals surface area contributed by atoms with Crippen LogP contribution in [0.2, 0.25) is 0 Å². The van der Waals surface area contributed by atoms with Gasteiger partial charge < -0.3 is 8.83 Å². The SMILES string of the molecule is CCc1nnc(-c2ccc(S(=O)(=O)N3CCCC3)o2)o1. The summed E-state index contributed by atoms with van der Waals surface area (Å²) in [7, 11) is -3.55. The maximum atomic E-state index is 12.3. The molecule has 0 bridgehead atoms. The van der Waals surface area contributed by atoms with Gasteiger partial charge in [-0.1, -0.05) is 6.92 Å². The predicted octanol–water partition coefficient (Wildman–Crippen LogP) is 1.68. The lowest BCUT2D eigenvalue weighted by Gasteiger charge is -2.12. The van der Waals surface area contributed by atoms with Crippen molar-refractivity contribution in [2.45, 2.75) is 31.3 Å². The van der Waals surface area contributed by atoms with Crippen molar-refractivity contribution in [2.24, 2.45) is 0 Å². The van der Waals surface area contributed by atoms with Crippen LogP contribution in [0.5, 0.6) is 0 Å². The highest BCUT2D eigenvalue weighted by atomic mass is 32.2. The van der Waals surface area contributed by atoms with E-state index in [9.17, 15) is 8.42 Å². The molecule has 1 fully saturated rings. The lowest BCUT2D eigenvalue weighted by atomic mass is 10.4. The number of rotatable bonds is 4. The number of sulfonamides is 1. The van der Waals surface area contributed by atoms with E-state index in [1.807, 2.05) is 6.92 Å². The van der Waals surface area contributed by atoms with Crippen molar-refractivity contribution in [3.63, 3.8) is 0 Å². The van der Waals surface area contributed by atoms with Gasteiger partial charge in [0.2, 0.25) is 11.0 Å². The standard InChI is InChI=1S/C12H15N3O4S/c1-2-10-13-14-12(19-10)9-5-6-11(18-9)20(16,17)15-7-3-4-8-15/h5-6H,2-4,7-8H2,1H3. The Labute approximate surface area is 116 Å². The molecule has 2 aromatic rings. The topological polar surface area (TPSA) is 89.4 Å². The van der Waals surface area contributed by atoms with E-state index in [1.54, 1.807) is 0 Å². The minimum absolute atomic E-state index is 0.0781. The molecule has 0 saturated carbocycles. The van der Waals surface area contributed by atoms with E-state index in [1.165, 1.54) is 16.4 Å². The molecule has 0 unspecified atom stereocenters. The van der Waals surface area contributed by atoms with Gasteiger partial charge in [0, 0.05) is 19.5 Å². The van der Waals surface area contributed by atoms with Gasteiger partial charge in [-0.15, -0.1) is 10.2 Å². The van der Waals surface area contributed by atoms with Gasteiger partial charge in [-0.25, -0.2) is 8.42 Å². The second-order valence-electron chi connectivity index (χ2n) is 4.58. The van der Waals surface area contributed by atoms with Crippen molar-refractivity contribution >= 4 is 10.0 Å². The highest BCUT2D eigenvalue weighted by Gasteiger charge is 2.30. The van der Waals surface area contributed by atoms with Crippen LogP contribution in [0.15, 0.2) is 26.1 Å². The summed E-state index contributed by atoms with van der Waals surface area (Å²) in [4.78, 5) is 0. The van der Waals surface area contributed by atoms with Crippen molar-refractivity contribution in [3.8, 4) is 11.7 Å². The van der Waals surface area contributed by atoms with Crippen LogP contribution in [0.4, 0.5) is 0 Å². The van der Waals surface area contributed by atoms with Crippen LogP contribution in [-0.2, 0) is 16.4 Å². The average Bonchev–Trinajstić information content (AvgIpc) is 3.18. The molecule has 0 N–H and O–H groups in total. The molecule has 0 atom stereocenters. The van der Waals surface area contributed by atoms with Crippen LogP contribution in [0.1, 0.15) is 25.7 Å². The highest BCUT2D eigenvalue weighted by Crippen LogP contribution is 2.27. The van der Waals surface area contributed by atoms with Gasteiger partial charge in [0.05, 0.1) is 0 Å². The molecule has 1 saturated heterocycles. The van der Waals surface area contributed by atoms with Gasteiger partial charge in [-0.05, 0) is 25.0 Å². The zero-order valence-corrected chi connectivity index (χ0v) is 11.9. The third kappa shape index (κ3) is 2.25. The van der Waals surface area contributed by atoms with Crippen LogP contribution in [0.25, 0.3) is 11.7 Å². The molecule has 0 amide bonds. The lowest BCUT2D eigenvalue weighted by molar-refractivity contribution is 0.407. The number of furan rings is 1. The Morgan fingerprint density at radius 1 is 1.20 bits per heavy atom. The highest BCUT2D eigenvalue weighted by molar-refractivity contribution is 7.89. The van der Waals surface area contributed by atoms with Crippen molar-refractivity contribution in [2.75, 3.05) is 13.1 Å². The largest absolute Gasteiger partial charge is 0.438 e. The third-order valence-corrected chi connectivity index (χ3v) is 4.99. The first-order valence-electron chi connectivity index (χ1n) is 6.54. The minimum atomic E-state index is -3.55. The van der Waals surface area contributed by atoms with E-state index in [4.69, 9.17) is 8.83 Å². The first-order chi connectivity index (χ1) is 9.61. The third-order valence-electron chi connectivity index (χ3n) is 3.22. The summed E-state index contributed by atoms with van der Waals surface area (Å²) in [6.45, 7) is 2.97. The molecule has 0 aromatic carbocycles. The Hall–Kier alpha value is -1.67. The van der Waals surface area contributed by atoms with Gasteiger partial charge in [-0.3, -0.25) is 0 Å². The van der Waals surface area contributed by atoms with E-state index in [0.29, 0.717) is 25.4 Å². The maximum absolute atomic E-state index is 12.3. The van der Waals surface area contributed by atoms with Crippen molar-refractivity contribution in [1.82, 2.24) is 14.5 Å². The number of hydrogen-bond acceptors (Lipinski definition) is 6. The van der Waals surface area contributed by atoms with Crippen LogP contribution >= 0.6 is 0 Å². The summed E-state index contributed by atoms with van der Waals surface area (Å²) >= 11 is 0. The fourth-order valence-electron chi connectivity index (χ4n) is 2.13. The molecule has 1 aliphatic rings. The number of nitrogens with zero attached hydrogens (tertiary/aromatic N) is 3. The fourth-order valence-corrected chi connectivity index (χ4v) is 3.55. The van der Waals surface area contributed by atoms with Crippen LogP contribution < -0.4 is 0 Å². The molecule has 0 aliphatic carbocycles. The van der Waals surface area contributed by atoms with Gasteiger partial charge in [-0.2, -0.15) is 4.31 Å². The monoisotopic (exact) mass is 297 g/mol. The molecular weight excluding hydrogens is 282 g/mol. The molecule has 108 valence electrons. The maximum Gasteiger partial charge on any atom is 0.283 e. The number of hydrogen-bond donors (Lipinski definition) is 0. The predicted molar refractivity (Wildman–Crippen MR) is 69.4 cm³/mol. The molecule has 8 heteroatoms. The van der Waals surface area contributed by atoms with Crippen molar-refractivity contribution in [3.05, 3.63) is 18.0 Å². The van der Waals surface area contributed by atoms with Gasteiger partial charge in [0.15, 0.2) is 5.76 Å². The van der Waals surface area contributed by atoms with E-state index < -0.39 is 10.0 Å². The molecule has 0 radical (unpaired) electrons. The minimum Gasteiger partial charge on any atom is -0.438 e. The fraction of sp³-hybridized carbons (Fsp3) is 0.500. The summed E-state index contributed by atoms with van der Waals surface area (Å²) in [6.07, 6.45) is 2.39. The van der Waals surface area contributed by atoms with Gasteiger partial charge in [0.25, 0.3) is 15.9 Å². The second kappa shape index (κ2) is 5.02. The van der Waals surface area contributed by atoms with Crippen LogP contribution in [0.3, 0.4) is 0 Å². The Bertz CT molecular complexity index is 698. The van der Waals surface area contributed by atoms with Crippen LogP contribution in [-0.4, -0.2) is 36.0 Å². The molecule has 1 aliphatic heterocycles. The first-order valence-corrected chi connectivity index (χ1v) is 7.98. The average molecular weight is 297 g/mol. The molecule has 2 aromatic heterocycles. The summed E-state index contributed by atoms with van der Waals surface area (Å²) in [5.74, 6) is 0.958. The summed E-state index contributed by atoms with van der Waals surface area (Å²) in [5.41, 5.74) is 0. The van der Waals surface area contributed by atoms with Gasteiger partial charge >= 0.3 is 0 Å². The Morgan fingerprint density at radius 2 is 1.95 bits per heavy atom. The Morgan fingerprint density at radius 3 is 2.60 bits per heavy atom. The molecule has 20 heavy (non-hydrogen) atoms. The zero-order valence-electron chi connectivity index (χ0n) is 11.1. The van der Waals surface area contributed by atoms with E-state index >= 15 is 0 Å².